The standard InChI is InChI=1S/C25H35NO5Si/c1-16-22(26(23(16)27)17-9-11-18(29-5)12-10-17)21-15-19(13-14-20(21)24(28)30-6)31-32(7,8)25(2,3)4/h9-12,14-16,21-22H,13H2,1-8H3/t16-,21+,22-/m0/s1. The van der Waals surface area contributed by atoms with E-state index in [1.54, 1.807) is 12.0 Å². The Morgan fingerprint density at radius 3 is 2.28 bits per heavy atom. The molecule has 0 radical (unpaired) electrons. The third-order valence-corrected chi connectivity index (χ3v) is 11.4. The molecule has 7 heteroatoms. The SMILES string of the molecule is COC(=O)C1=CCC(O[Si](C)(C)C(C)(C)C)=C[C@H]1[C@@H]1[C@H](C)C(=O)N1c1ccc(OC)cc1. The third kappa shape index (κ3) is 4.35. The maximum absolute atomic E-state index is 12.9. The van der Waals surface area contributed by atoms with Crippen LogP contribution in [-0.2, 0) is 18.8 Å². The molecule has 1 heterocycles. The minimum absolute atomic E-state index is 0.0372. The fourth-order valence-corrected chi connectivity index (χ4v) is 5.16. The highest BCUT2D eigenvalue weighted by Crippen LogP contribution is 2.44. The lowest BCUT2D eigenvalue weighted by atomic mass is 9.74. The molecule has 1 aliphatic carbocycles. The lowest BCUT2D eigenvalue weighted by Crippen LogP contribution is -2.63. The Balaban J connectivity index is 1.97. The van der Waals surface area contributed by atoms with Gasteiger partial charge in [0.2, 0.25) is 14.2 Å². The molecule has 6 nitrogen and oxygen atoms in total. The van der Waals surface area contributed by atoms with E-state index in [0.29, 0.717) is 12.0 Å². The molecule has 0 aromatic heterocycles. The highest BCUT2D eigenvalue weighted by Gasteiger charge is 2.51. The van der Waals surface area contributed by atoms with Gasteiger partial charge >= 0.3 is 5.97 Å². The average molecular weight is 458 g/mol. The van der Waals surface area contributed by atoms with Gasteiger partial charge in [0, 0.05) is 23.6 Å². The van der Waals surface area contributed by atoms with Crippen LogP contribution in [0.3, 0.4) is 0 Å². The summed E-state index contributed by atoms with van der Waals surface area (Å²) in [6.45, 7) is 12.9. The van der Waals surface area contributed by atoms with E-state index in [1.807, 2.05) is 43.3 Å². The van der Waals surface area contributed by atoms with Crippen LogP contribution < -0.4 is 9.64 Å². The van der Waals surface area contributed by atoms with Crippen LogP contribution in [0.1, 0.15) is 34.1 Å². The first-order chi connectivity index (χ1) is 14.9. The number of methoxy groups -OCH3 is 2. The van der Waals surface area contributed by atoms with Crippen molar-refractivity contribution in [2.75, 3.05) is 19.1 Å². The molecule has 1 aromatic carbocycles. The number of anilines is 1. The summed E-state index contributed by atoms with van der Waals surface area (Å²) in [5.74, 6) is 0.748. The molecule has 174 valence electrons. The number of benzene rings is 1. The highest BCUT2D eigenvalue weighted by molar-refractivity contribution is 6.74. The lowest BCUT2D eigenvalue weighted by Gasteiger charge is -2.50. The minimum atomic E-state index is -2.04. The van der Waals surface area contributed by atoms with Gasteiger partial charge in [-0.25, -0.2) is 4.79 Å². The van der Waals surface area contributed by atoms with Crippen LogP contribution in [0.2, 0.25) is 18.1 Å². The number of β-lactam (4-membered cyclic amide) rings is 1. The Kier molecular flexibility index (Phi) is 6.61. The smallest absolute Gasteiger partial charge is 0.334 e. The molecular formula is C25H35NO5Si. The van der Waals surface area contributed by atoms with Crippen LogP contribution in [-0.4, -0.2) is 40.5 Å². The van der Waals surface area contributed by atoms with E-state index in [1.165, 1.54) is 7.11 Å². The topological polar surface area (TPSA) is 65.1 Å². The molecule has 0 bridgehead atoms. The van der Waals surface area contributed by atoms with Gasteiger partial charge in [-0.05, 0) is 48.5 Å². The van der Waals surface area contributed by atoms with Gasteiger partial charge in [0.1, 0.15) is 5.75 Å². The first-order valence-corrected chi connectivity index (χ1v) is 14.0. The summed E-state index contributed by atoms with van der Waals surface area (Å²) in [7, 11) is 0.965. The molecule has 3 rings (SSSR count). The zero-order chi connectivity index (χ0) is 23.8. The second-order valence-corrected chi connectivity index (χ2v) is 14.8. The van der Waals surface area contributed by atoms with E-state index in [-0.39, 0.29) is 34.8 Å². The molecule has 1 amide bonds. The van der Waals surface area contributed by atoms with Gasteiger partial charge in [-0.15, -0.1) is 0 Å². The first-order valence-electron chi connectivity index (χ1n) is 11.1. The van der Waals surface area contributed by atoms with Gasteiger partial charge in [-0.3, -0.25) is 4.79 Å². The van der Waals surface area contributed by atoms with Gasteiger partial charge in [0.25, 0.3) is 0 Å². The zero-order valence-corrected chi connectivity index (χ0v) is 21.4. The van der Waals surface area contributed by atoms with E-state index < -0.39 is 8.32 Å². The van der Waals surface area contributed by atoms with E-state index in [0.717, 1.165) is 17.2 Å². The Bertz CT molecular complexity index is 942. The molecule has 3 atom stereocenters. The quantitative estimate of drug-likeness (QED) is 0.339. The van der Waals surface area contributed by atoms with Crippen molar-refractivity contribution in [1.82, 2.24) is 0 Å². The van der Waals surface area contributed by atoms with Gasteiger partial charge in [-0.2, -0.15) is 0 Å². The monoisotopic (exact) mass is 457 g/mol. The minimum Gasteiger partial charge on any atom is -0.546 e. The van der Waals surface area contributed by atoms with Gasteiger partial charge in [0.05, 0.1) is 31.9 Å². The number of rotatable bonds is 6. The number of carbonyl (C=O) groups is 2. The molecule has 2 aliphatic rings. The molecule has 1 fully saturated rings. The number of carbonyl (C=O) groups excluding carboxylic acids is 2. The number of amides is 1. The van der Waals surface area contributed by atoms with Crippen molar-refractivity contribution in [3.05, 3.63) is 47.7 Å². The van der Waals surface area contributed by atoms with Crippen LogP contribution in [0, 0.1) is 11.8 Å². The zero-order valence-electron chi connectivity index (χ0n) is 20.4. The van der Waals surface area contributed by atoms with Crippen molar-refractivity contribution in [3.63, 3.8) is 0 Å². The Labute approximate surface area is 192 Å². The van der Waals surface area contributed by atoms with Gasteiger partial charge < -0.3 is 18.8 Å². The summed E-state index contributed by atoms with van der Waals surface area (Å²) < 4.78 is 16.9. The molecule has 0 spiro atoms. The van der Waals surface area contributed by atoms with E-state index in [2.05, 4.69) is 33.9 Å². The summed E-state index contributed by atoms with van der Waals surface area (Å²) in [6.07, 6.45) is 4.49. The molecular weight excluding hydrogens is 422 g/mol. The van der Waals surface area contributed by atoms with Crippen molar-refractivity contribution < 1.29 is 23.5 Å². The number of esters is 1. The first kappa shape index (κ1) is 24.1. The highest BCUT2D eigenvalue weighted by atomic mass is 28.4. The summed E-state index contributed by atoms with van der Waals surface area (Å²) in [6, 6.07) is 7.22. The number of nitrogens with zero attached hydrogens (tertiary/aromatic N) is 1. The molecule has 32 heavy (non-hydrogen) atoms. The summed E-state index contributed by atoms with van der Waals surface area (Å²) in [4.78, 5) is 27.3. The van der Waals surface area contributed by atoms with Crippen LogP contribution in [0.15, 0.2) is 47.7 Å². The molecule has 1 aromatic rings. The molecule has 0 N–H and O–H groups in total. The number of hydrogen-bond acceptors (Lipinski definition) is 5. The van der Waals surface area contributed by atoms with Gasteiger partial charge in [0.15, 0.2) is 0 Å². The average Bonchev–Trinajstić information content (AvgIpc) is 2.75. The van der Waals surface area contributed by atoms with Crippen molar-refractivity contribution >= 4 is 25.9 Å². The molecule has 1 aliphatic heterocycles. The number of allylic oxidation sites excluding steroid dienone is 1. The normalized spacial score (nSPS) is 23.7. The maximum atomic E-state index is 12.9. The number of hydrogen-bond donors (Lipinski definition) is 0. The van der Waals surface area contributed by atoms with Crippen LogP contribution in [0.5, 0.6) is 5.75 Å². The van der Waals surface area contributed by atoms with Crippen molar-refractivity contribution in [2.45, 2.75) is 58.3 Å². The van der Waals surface area contributed by atoms with Crippen molar-refractivity contribution in [3.8, 4) is 5.75 Å². The predicted molar refractivity (Wildman–Crippen MR) is 128 cm³/mol. The third-order valence-electron chi connectivity index (χ3n) is 7.02. The Hall–Kier alpha value is -2.54. The van der Waals surface area contributed by atoms with Crippen LogP contribution in [0.4, 0.5) is 5.69 Å². The van der Waals surface area contributed by atoms with Gasteiger partial charge in [-0.1, -0.05) is 33.8 Å². The summed E-state index contributed by atoms with van der Waals surface area (Å²) in [5, 5.41) is 0.0601. The van der Waals surface area contributed by atoms with Crippen LogP contribution >= 0.6 is 0 Å². The van der Waals surface area contributed by atoms with Crippen LogP contribution in [0.25, 0.3) is 0 Å². The van der Waals surface area contributed by atoms with Crippen molar-refractivity contribution in [2.24, 2.45) is 11.8 Å². The molecule has 0 unspecified atom stereocenters. The van der Waals surface area contributed by atoms with Crippen molar-refractivity contribution in [1.29, 1.82) is 0 Å². The Morgan fingerprint density at radius 1 is 1.12 bits per heavy atom. The van der Waals surface area contributed by atoms with E-state index in [9.17, 15) is 9.59 Å². The number of ether oxygens (including phenoxy) is 2. The van der Waals surface area contributed by atoms with E-state index >= 15 is 0 Å². The summed E-state index contributed by atoms with van der Waals surface area (Å²) >= 11 is 0. The maximum Gasteiger partial charge on any atom is 0.334 e. The molecule has 1 saturated heterocycles. The van der Waals surface area contributed by atoms with E-state index in [4.69, 9.17) is 13.9 Å². The fourth-order valence-electron chi connectivity index (χ4n) is 4.05. The Morgan fingerprint density at radius 2 is 1.75 bits per heavy atom. The predicted octanol–water partition coefficient (Wildman–Crippen LogP) is 5.07. The second-order valence-electron chi connectivity index (χ2n) is 10.1. The lowest BCUT2D eigenvalue weighted by molar-refractivity contribution is -0.138. The summed E-state index contributed by atoms with van der Waals surface area (Å²) in [5.41, 5.74) is 1.37. The second kappa shape index (κ2) is 8.77. The fraction of sp³-hybridized carbons (Fsp3) is 0.520. The molecule has 0 saturated carbocycles. The largest absolute Gasteiger partial charge is 0.546 e.